The minimum absolute atomic E-state index is 0.0167. The highest BCUT2D eigenvalue weighted by atomic mass is 35.5. The second-order valence-electron chi connectivity index (χ2n) is 21.4. The molecule has 4 aliphatic rings. The summed E-state index contributed by atoms with van der Waals surface area (Å²) in [5.41, 5.74) is -0.765. The Kier molecular flexibility index (Phi) is 16.0. The minimum Gasteiger partial charge on any atom is -0.380 e. The van der Waals surface area contributed by atoms with Crippen LogP contribution in [0.5, 0.6) is 0 Å². The van der Waals surface area contributed by atoms with Gasteiger partial charge in [-0.2, -0.15) is 13.2 Å². The lowest BCUT2D eigenvalue weighted by Gasteiger charge is -2.42. The van der Waals surface area contributed by atoms with E-state index in [2.05, 4.69) is 71.7 Å². The molecule has 3 aliphatic heterocycles. The molecule has 3 saturated heterocycles. The number of rotatable bonds is 16. The molecule has 4 aromatic rings. The lowest BCUT2D eigenvalue weighted by Crippen LogP contribution is -2.53. The average Bonchev–Trinajstić information content (AvgIpc) is 3.89. The molecule has 0 spiro atoms. The predicted molar refractivity (Wildman–Crippen MR) is 279 cm³/mol. The van der Waals surface area contributed by atoms with E-state index < -0.39 is 47.1 Å². The molecule has 384 valence electrons. The van der Waals surface area contributed by atoms with Crippen molar-refractivity contribution in [2.75, 3.05) is 81.4 Å². The Bertz CT molecular complexity index is 2770. The number of fused-ring (bicyclic) bond motifs is 1. The molecule has 18 heteroatoms. The topological polar surface area (TPSA) is 122 Å². The Balaban J connectivity index is 0.921. The molecule has 2 N–H and O–H groups in total. The normalized spacial score (nSPS) is 21.1. The van der Waals surface area contributed by atoms with Crippen molar-refractivity contribution in [1.29, 1.82) is 0 Å². The van der Waals surface area contributed by atoms with Crippen molar-refractivity contribution >= 4 is 66.1 Å². The van der Waals surface area contributed by atoms with Gasteiger partial charge in [0.2, 0.25) is 0 Å². The number of benzene rings is 4. The Hall–Kier alpha value is -4.10. The maximum Gasteiger partial charge on any atom is 0.501 e. The van der Waals surface area contributed by atoms with Gasteiger partial charge in [-0.15, -0.1) is 11.8 Å². The number of halogens is 4. The van der Waals surface area contributed by atoms with Gasteiger partial charge in [0.25, 0.3) is 25.8 Å². The summed E-state index contributed by atoms with van der Waals surface area (Å²) in [6, 6.07) is 26.2. The van der Waals surface area contributed by atoms with Crippen molar-refractivity contribution in [3.05, 3.63) is 119 Å². The van der Waals surface area contributed by atoms with Crippen LogP contribution in [0.25, 0.3) is 5.57 Å². The fraction of sp³-hybridized carbons (Fsp3) is 0.491. The maximum atomic E-state index is 14.3. The Morgan fingerprint density at radius 1 is 0.831 bits per heavy atom. The predicted octanol–water partition coefficient (Wildman–Crippen LogP) is 10.2. The monoisotopic (exact) mass is 1050 g/mol. The highest BCUT2D eigenvalue weighted by molar-refractivity contribution is 7.99. The fourth-order valence-corrected chi connectivity index (χ4v) is 13.7. The van der Waals surface area contributed by atoms with Crippen molar-refractivity contribution in [3.63, 3.8) is 0 Å². The summed E-state index contributed by atoms with van der Waals surface area (Å²) >= 11 is 7.69. The molecule has 3 fully saturated rings. The summed E-state index contributed by atoms with van der Waals surface area (Å²) in [5, 5.41) is 3.79. The van der Waals surface area contributed by atoms with Crippen LogP contribution in [0, 0.1) is 17.3 Å². The number of hydrogen-bond acceptors (Lipinski definition) is 11. The number of piperazine rings is 1. The molecule has 3 unspecified atom stereocenters. The molecule has 11 nitrogen and oxygen atoms in total. The van der Waals surface area contributed by atoms with E-state index in [4.69, 9.17) is 11.6 Å². The SMILES string of the molecule is CC1(C)CCC(c2ccc(Cl)cc2)=C(CN2CC3CN(c4ccc(C(=O)NS(=O)(=O)c5ccc(NC(CCN6CCN(C(C)(C)C)CC6)CSc6ccccc6)c(S(=O)(=O)C(F)(F)F)c5)cc4)CC3C2)C1. The van der Waals surface area contributed by atoms with Gasteiger partial charge in [0.05, 0.1) is 10.6 Å². The summed E-state index contributed by atoms with van der Waals surface area (Å²) in [5.74, 6) is 0.304. The van der Waals surface area contributed by atoms with E-state index >= 15 is 0 Å². The number of allylic oxidation sites excluding steroid dienone is 1. The number of nitrogens with zero attached hydrogens (tertiary/aromatic N) is 4. The van der Waals surface area contributed by atoms with E-state index in [-0.39, 0.29) is 22.2 Å². The first-order chi connectivity index (χ1) is 33.4. The van der Waals surface area contributed by atoms with Crippen LogP contribution in [0.3, 0.4) is 0 Å². The summed E-state index contributed by atoms with van der Waals surface area (Å²) in [4.78, 5) is 21.9. The summed E-state index contributed by atoms with van der Waals surface area (Å²) in [7, 11) is -10.9. The highest BCUT2D eigenvalue weighted by Gasteiger charge is 2.49. The van der Waals surface area contributed by atoms with E-state index in [1.54, 1.807) is 12.1 Å². The molecule has 0 aromatic heterocycles. The first-order valence-electron chi connectivity index (χ1n) is 24.4. The highest BCUT2D eigenvalue weighted by Crippen LogP contribution is 2.44. The van der Waals surface area contributed by atoms with Crippen LogP contribution >= 0.6 is 23.4 Å². The zero-order valence-corrected chi connectivity index (χ0v) is 44.3. The maximum absolute atomic E-state index is 14.3. The van der Waals surface area contributed by atoms with Crippen LogP contribution in [-0.2, 0) is 19.9 Å². The molecule has 3 atom stereocenters. The number of carbonyl (C=O) groups is 1. The Labute approximate surface area is 427 Å². The lowest BCUT2D eigenvalue weighted by molar-refractivity contribution is -0.0435. The van der Waals surface area contributed by atoms with Gasteiger partial charge in [-0.1, -0.05) is 61.4 Å². The van der Waals surface area contributed by atoms with E-state index in [1.165, 1.54) is 40.6 Å². The van der Waals surface area contributed by atoms with E-state index in [0.29, 0.717) is 36.6 Å². The number of hydrogen-bond donors (Lipinski definition) is 2. The van der Waals surface area contributed by atoms with E-state index in [9.17, 15) is 34.8 Å². The van der Waals surface area contributed by atoms with Crippen molar-refractivity contribution in [3.8, 4) is 0 Å². The third kappa shape index (κ3) is 13.0. The molecule has 4 aromatic carbocycles. The number of amides is 1. The Morgan fingerprint density at radius 2 is 1.48 bits per heavy atom. The van der Waals surface area contributed by atoms with Crippen LogP contribution in [0.15, 0.2) is 117 Å². The summed E-state index contributed by atoms with van der Waals surface area (Å²) in [6.07, 6.45) is 3.71. The van der Waals surface area contributed by atoms with Gasteiger partial charge < -0.3 is 15.1 Å². The van der Waals surface area contributed by atoms with Crippen molar-refractivity contribution in [2.24, 2.45) is 17.3 Å². The van der Waals surface area contributed by atoms with Gasteiger partial charge >= 0.3 is 5.51 Å². The molecule has 3 heterocycles. The van der Waals surface area contributed by atoms with Gasteiger partial charge in [-0.25, -0.2) is 21.6 Å². The molecule has 8 rings (SSSR count). The number of likely N-dealkylation sites (tertiary alicyclic amines) is 1. The molecular weight excluding hydrogens is 989 g/mol. The Morgan fingerprint density at radius 3 is 2.10 bits per heavy atom. The number of sulfone groups is 1. The third-order valence-corrected chi connectivity index (χ3v) is 18.9. The standard InChI is InChI=1S/C53H66ClF3N6O5S3/c1-51(2,3)63-27-25-60(26-28-63)24-22-43(36-69-45-9-7-6-8-10-45)58-48-20-19-46(29-49(48)70(65,66)53(55,56)57)71(67,68)59-50(64)38-13-17-44(18-14-38)62-34-40-32-61(33-41(40)35-62)31-39-30-52(4,5)23-21-47(39)37-11-15-42(54)16-12-37/h6-20,29,40-41,43,58H,21-28,30-36H2,1-5H3,(H,59,64). The molecule has 0 radical (unpaired) electrons. The average molecular weight is 1060 g/mol. The second kappa shape index (κ2) is 21.4. The summed E-state index contributed by atoms with van der Waals surface area (Å²) in [6.45, 7) is 19.7. The first kappa shape index (κ1) is 53.2. The summed E-state index contributed by atoms with van der Waals surface area (Å²) < 4.78 is 98.7. The minimum atomic E-state index is -6.06. The lowest BCUT2D eigenvalue weighted by atomic mass is 9.73. The van der Waals surface area contributed by atoms with Gasteiger partial charge in [0.1, 0.15) is 4.90 Å². The largest absolute Gasteiger partial charge is 0.501 e. The number of sulfonamides is 1. The van der Waals surface area contributed by atoms with Crippen LogP contribution in [0.4, 0.5) is 24.5 Å². The van der Waals surface area contributed by atoms with Gasteiger partial charge in [0, 0.05) is 104 Å². The number of carbonyl (C=O) groups excluding carboxylic acids is 1. The van der Waals surface area contributed by atoms with Gasteiger partial charge in [0.15, 0.2) is 0 Å². The zero-order valence-electron chi connectivity index (χ0n) is 41.1. The van der Waals surface area contributed by atoms with Crippen LogP contribution in [0.2, 0.25) is 5.02 Å². The first-order valence-corrected chi connectivity index (χ1v) is 28.8. The number of thioether (sulfide) groups is 1. The molecule has 0 saturated carbocycles. The van der Waals surface area contributed by atoms with Gasteiger partial charge in [-0.3, -0.25) is 14.6 Å². The third-order valence-electron chi connectivity index (χ3n) is 14.6. The van der Waals surface area contributed by atoms with E-state index in [1.807, 2.05) is 47.2 Å². The van der Waals surface area contributed by atoms with Crippen molar-refractivity contribution in [2.45, 2.75) is 92.1 Å². The molecule has 0 bridgehead atoms. The molecule has 71 heavy (non-hydrogen) atoms. The van der Waals surface area contributed by atoms with Crippen LogP contribution < -0.4 is 14.9 Å². The number of alkyl halides is 3. The van der Waals surface area contributed by atoms with Crippen LogP contribution in [0.1, 0.15) is 76.2 Å². The van der Waals surface area contributed by atoms with Crippen molar-refractivity contribution < 1.29 is 34.8 Å². The zero-order chi connectivity index (χ0) is 50.9. The molecule has 1 aliphatic carbocycles. The number of anilines is 2. The van der Waals surface area contributed by atoms with Gasteiger partial charge in [-0.05, 0) is 142 Å². The van der Waals surface area contributed by atoms with E-state index in [0.717, 1.165) is 106 Å². The fourth-order valence-electron chi connectivity index (χ4n) is 10.6. The second-order valence-corrected chi connectivity index (χ2v) is 26.5. The smallest absolute Gasteiger partial charge is 0.380 e. The van der Waals surface area contributed by atoms with Crippen molar-refractivity contribution in [1.82, 2.24) is 19.4 Å². The quantitative estimate of drug-likeness (QED) is 0.104. The van der Waals surface area contributed by atoms with Crippen LogP contribution in [-0.4, -0.2) is 126 Å². The number of nitrogens with one attached hydrogen (secondary N) is 2. The molecular formula is C53H66ClF3N6O5S3. The molecule has 1 amide bonds.